The minimum absolute atomic E-state index is 0.0148. The number of fused-ring (bicyclic) bond motifs is 1. The van der Waals surface area contributed by atoms with Crippen LogP contribution in [-0.2, 0) is 0 Å². The van der Waals surface area contributed by atoms with Crippen LogP contribution in [0.3, 0.4) is 0 Å². The normalized spacial score (nSPS) is 11.1. The maximum absolute atomic E-state index is 12.9. The smallest absolute Gasteiger partial charge is 0.267 e. The first-order chi connectivity index (χ1) is 10.8. The second-order valence-electron chi connectivity index (χ2n) is 4.79. The second-order valence-corrected chi connectivity index (χ2v) is 6.95. The van der Waals surface area contributed by atoms with Crippen molar-refractivity contribution in [3.8, 4) is 0 Å². The van der Waals surface area contributed by atoms with Crippen molar-refractivity contribution in [1.82, 2.24) is 24.5 Å². The highest BCUT2D eigenvalue weighted by molar-refractivity contribution is 9.11. The van der Waals surface area contributed by atoms with Gasteiger partial charge < -0.3 is 0 Å². The van der Waals surface area contributed by atoms with E-state index in [9.17, 15) is 9.59 Å². The van der Waals surface area contributed by atoms with Gasteiger partial charge in [0, 0.05) is 8.95 Å². The summed E-state index contributed by atoms with van der Waals surface area (Å²) in [6.45, 7) is 3.17. The summed E-state index contributed by atoms with van der Waals surface area (Å²) in [5.41, 5.74) is -0.169. The Balaban J connectivity index is 2.55. The first kappa shape index (κ1) is 16.2. The van der Waals surface area contributed by atoms with E-state index >= 15 is 0 Å². The number of H-pyrrole nitrogens is 1. The number of benzene rings is 1. The summed E-state index contributed by atoms with van der Waals surface area (Å²) in [4.78, 5) is 29.7. The summed E-state index contributed by atoms with van der Waals surface area (Å²) in [5, 5.41) is 6.71. The van der Waals surface area contributed by atoms with E-state index < -0.39 is 11.1 Å². The number of nitrogens with zero attached hydrogens (tertiary/aromatic N) is 4. The standard InChI is InChI=1S/C13H9Br2N5O2S/c1-5-11(21)20(13(23)18-17-5)19-6(2)16-10-8(12(19)22)3-7(14)4-9(10)15/h3-4H,1-2H3,(H,18,23). The lowest BCUT2D eigenvalue weighted by Gasteiger charge is -2.13. The number of aromatic amines is 1. The number of hydrogen-bond donors (Lipinski definition) is 1. The van der Waals surface area contributed by atoms with Crippen molar-refractivity contribution < 1.29 is 0 Å². The molecule has 0 spiro atoms. The Labute approximate surface area is 151 Å². The van der Waals surface area contributed by atoms with Crippen LogP contribution in [0.5, 0.6) is 0 Å². The fourth-order valence-electron chi connectivity index (χ4n) is 2.20. The van der Waals surface area contributed by atoms with Crippen LogP contribution in [0.15, 0.2) is 30.7 Å². The summed E-state index contributed by atoms with van der Waals surface area (Å²) < 4.78 is 3.63. The lowest BCUT2D eigenvalue weighted by molar-refractivity contribution is 0.540. The van der Waals surface area contributed by atoms with Crippen molar-refractivity contribution in [2.75, 3.05) is 0 Å². The van der Waals surface area contributed by atoms with Crippen LogP contribution in [-0.4, -0.2) is 24.5 Å². The molecule has 3 aromatic rings. The first-order valence-electron chi connectivity index (χ1n) is 6.38. The van der Waals surface area contributed by atoms with Crippen LogP contribution in [0.2, 0.25) is 0 Å². The first-order valence-corrected chi connectivity index (χ1v) is 8.38. The molecule has 0 bridgehead atoms. The molecule has 7 nitrogen and oxygen atoms in total. The third-order valence-electron chi connectivity index (χ3n) is 3.24. The number of hydrogen-bond acceptors (Lipinski definition) is 5. The highest BCUT2D eigenvalue weighted by Crippen LogP contribution is 2.25. The van der Waals surface area contributed by atoms with Gasteiger partial charge in [-0.3, -0.25) is 14.7 Å². The largest absolute Gasteiger partial charge is 0.295 e. The predicted molar refractivity (Wildman–Crippen MR) is 95.4 cm³/mol. The molecule has 3 rings (SSSR count). The molecule has 2 aromatic heterocycles. The molecule has 0 aliphatic carbocycles. The van der Waals surface area contributed by atoms with Gasteiger partial charge in [0.1, 0.15) is 11.5 Å². The Morgan fingerprint density at radius 2 is 1.83 bits per heavy atom. The van der Waals surface area contributed by atoms with Gasteiger partial charge in [-0.2, -0.15) is 14.5 Å². The van der Waals surface area contributed by atoms with Crippen molar-refractivity contribution >= 4 is 55.0 Å². The monoisotopic (exact) mass is 457 g/mol. The molecule has 2 heterocycles. The highest BCUT2D eigenvalue weighted by Gasteiger charge is 2.15. The van der Waals surface area contributed by atoms with Gasteiger partial charge in [-0.05, 0) is 54.1 Å². The fraction of sp³-hybridized carbons (Fsp3) is 0.154. The Bertz CT molecular complexity index is 1130. The molecule has 0 saturated heterocycles. The van der Waals surface area contributed by atoms with Crippen LogP contribution in [0, 0.1) is 18.6 Å². The number of aromatic nitrogens is 5. The van der Waals surface area contributed by atoms with Crippen LogP contribution < -0.4 is 11.1 Å². The zero-order valence-electron chi connectivity index (χ0n) is 11.9. The summed E-state index contributed by atoms with van der Waals surface area (Å²) in [7, 11) is 0. The van der Waals surface area contributed by atoms with Gasteiger partial charge in [0.25, 0.3) is 11.1 Å². The molecule has 0 aliphatic heterocycles. The molecule has 118 valence electrons. The Morgan fingerprint density at radius 3 is 2.52 bits per heavy atom. The maximum Gasteiger partial charge on any atom is 0.295 e. The van der Waals surface area contributed by atoms with Gasteiger partial charge in [0.05, 0.1) is 10.9 Å². The van der Waals surface area contributed by atoms with Gasteiger partial charge in [-0.15, -0.1) is 0 Å². The van der Waals surface area contributed by atoms with Crippen LogP contribution in [0.1, 0.15) is 11.5 Å². The molecule has 0 saturated carbocycles. The predicted octanol–water partition coefficient (Wildman–Crippen LogP) is 2.46. The number of aryl methyl sites for hydroxylation is 2. The molecular formula is C13H9Br2N5O2S. The minimum Gasteiger partial charge on any atom is -0.267 e. The summed E-state index contributed by atoms with van der Waals surface area (Å²) >= 11 is 11.9. The quantitative estimate of drug-likeness (QED) is 0.566. The van der Waals surface area contributed by atoms with E-state index in [0.29, 0.717) is 21.2 Å². The molecule has 0 radical (unpaired) electrons. The van der Waals surface area contributed by atoms with Crippen molar-refractivity contribution in [2.45, 2.75) is 13.8 Å². The average molecular weight is 459 g/mol. The molecule has 0 fully saturated rings. The van der Waals surface area contributed by atoms with Crippen LogP contribution in [0.25, 0.3) is 10.9 Å². The van der Waals surface area contributed by atoms with Crippen molar-refractivity contribution in [3.05, 3.63) is 58.1 Å². The van der Waals surface area contributed by atoms with Gasteiger partial charge in [-0.25, -0.2) is 4.98 Å². The van der Waals surface area contributed by atoms with E-state index in [1.807, 2.05) is 0 Å². The third-order valence-corrected chi connectivity index (χ3v) is 4.57. The van der Waals surface area contributed by atoms with Crippen molar-refractivity contribution in [1.29, 1.82) is 0 Å². The van der Waals surface area contributed by atoms with E-state index in [2.05, 4.69) is 47.0 Å². The summed E-state index contributed by atoms with van der Waals surface area (Å²) in [5.74, 6) is 0.331. The molecule has 0 unspecified atom stereocenters. The van der Waals surface area contributed by atoms with Crippen molar-refractivity contribution in [3.63, 3.8) is 0 Å². The van der Waals surface area contributed by atoms with E-state index in [0.717, 1.165) is 13.8 Å². The zero-order chi connectivity index (χ0) is 16.9. The summed E-state index contributed by atoms with van der Waals surface area (Å²) in [6, 6.07) is 3.45. The molecule has 10 heteroatoms. The average Bonchev–Trinajstić information content (AvgIpc) is 2.48. The van der Waals surface area contributed by atoms with E-state index in [4.69, 9.17) is 12.2 Å². The lowest BCUT2D eigenvalue weighted by Crippen LogP contribution is -2.39. The highest BCUT2D eigenvalue weighted by atomic mass is 79.9. The van der Waals surface area contributed by atoms with E-state index in [1.165, 1.54) is 6.92 Å². The minimum atomic E-state index is -0.478. The molecule has 23 heavy (non-hydrogen) atoms. The van der Waals surface area contributed by atoms with Crippen LogP contribution >= 0.6 is 44.1 Å². The zero-order valence-corrected chi connectivity index (χ0v) is 15.9. The molecule has 0 amide bonds. The van der Waals surface area contributed by atoms with Crippen LogP contribution in [0.4, 0.5) is 0 Å². The summed E-state index contributed by atoms with van der Waals surface area (Å²) in [6.07, 6.45) is 0. The van der Waals surface area contributed by atoms with Gasteiger partial charge in [0.15, 0.2) is 0 Å². The third kappa shape index (κ3) is 2.60. The Morgan fingerprint density at radius 1 is 1.13 bits per heavy atom. The molecule has 0 aliphatic rings. The Kier molecular flexibility index (Phi) is 4.07. The number of halogens is 2. The van der Waals surface area contributed by atoms with Gasteiger partial charge >= 0.3 is 0 Å². The SMILES string of the molecule is Cc1n[nH]c(=S)n(-n2c(C)nc3c(Br)cc(Br)cc3c2=O)c1=O. The second kappa shape index (κ2) is 5.77. The van der Waals surface area contributed by atoms with Crippen molar-refractivity contribution in [2.24, 2.45) is 0 Å². The fourth-order valence-corrected chi connectivity index (χ4v) is 3.73. The molecule has 1 N–H and O–H groups in total. The van der Waals surface area contributed by atoms with E-state index in [-0.39, 0.29) is 10.5 Å². The maximum atomic E-state index is 12.9. The Hall–Kier alpha value is -1.65. The van der Waals surface area contributed by atoms with E-state index in [1.54, 1.807) is 19.1 Å². The molecule has 0 atom stereocenters. The lowest BCUT2D eigenvalue weighted by atomic mass is 10.2. The topological polar surface area (TPSA) is 85.6 Å². The van der Waals surface area contributed by atoms with Gasteiger partial charge in [-0.1, -0.05) is 15.9 Å². The van der Waals surface area contributed by atoms with Gasteiger partial charge in [0.2, 0.25) is 4.77 Å². The molecular weight excluding hydrogens is 450 g/mol. The molecule has 1 aromatic carbocycles. The number of rotatable bonds is 1. The number of nitrogens with one attached hydrogen (secondary N) is 1.